The fourth-order valence-corrected chi connectivity index (χ4v) is 1.68. The van der Waals surface area contributed by atoms with E-state index in [1.807, 2.05) is 51.1 Å². The van der Waals surface area contributed by atoms with Crippen LogP contribution in [0.15, 0.2) is 34.7 Å². The Balaban J connectivity index is 2.49. The Labute approximate surface area is 112 Å². The molecule has 0 radical (unpaired) electrons. The molecule has 0 N–H and O–H groups in total. The third-order valence-corrected chi connectivity index (χ3v) is 2.56. The zero-order valence-electron chi connectivity index (χ0n) is 11.6. The van der Waals surface area contributed by atoms with Crippen molar-refractivity contribution < 1.29 is 13.9 Å². The van der Waals surface area contributed by atoms with Gasteiger partial charge in [0, 0.05) is 17.9 Å². The first-order valence-electron chi connectivity index (χ1n) is 6.13. The normalized spacial score (nSPS) is 11.4. The van der Waals surface area contributed by atoms with Crippen molar-refractivity contribution in [3.05, 3.63) is 36.0 Å². The van der Waals surface area contributed by atoms with Crippen LogP contribution in [0.5, 0.6) is 5.95 Å². The summed E-state index contributed by atoms with van der Waals surface area (Å²) in [5, 5.41) is 0. The molecule has 0 aliphatic carbocycles. The smallest absolute Gasteiger partial charge is 0.317 e. The van der Waals surface area contributed by atoms with Gasteiger partial charge in [-0.1, -0.05) is 39.0 Å². The summed E-state index contributed by atoms with van der Waals surface area (Å²) in [6, 6.07) is 9.53. The molecule has 1 aromatic carbocycles. The highest BCUT2D eigenvalue weighted by molar-refractivity contribution is 5.69. The predicted octanol–water partition coefficient (Wildman–Crippen LogP) is 3.56. The summed E-state index contributed by atoms with van der Waals surface area (Å²) < 4.78 is 10.7. The molecule has 0 aliphatic heterocycles. The lowest BCUT2D eigenvalue weighted by atomic mass is 9.93. The summed E-state index contributed by atoms with van der Waals surface area (Å²) in [7, 11) is 0. The van der Waals surface area contributed by atoms with Crippen LogP contribution in [0.2, 0.25) is 0 Å². The molecule has 100 valence electrons. The second-order valence-electron chi connectivity index (χ2n) is 5.36. The Morgan fingerprint density at radius 3 is 2.37 bits per heavy atom. The Kier molecular flexibility index (Phi) is 3.42. The van der Waals surface area contributed by atoms with Crippen molar-refractivity contribution in [1.82, 2.24) is 4.98 Å². The van der Waals surface area contributed by atoms with E-state index in [1.54, 1.807) is 0 Å². The van der Waals surface area contributed by atoms with Gasteiger partial charge in [0.15, 0.2) is 0 Å². The standard InChI is InChI=1S/C15H17NO3/c1-10(17)18-14-12(15(2,3)4)16-13(19-14)11-8-6-5-7-9-11/h5-9H,1-4H3. The van der Waals surface area contributed by atoms with Gasteiger partial charge in [0.2, 0.25) is 5.89 Å². The van der Waals surface area contributed by atoms with Crippen LogP contribution in [-0.2, 0) is 10.2 Å². The van der Waals surface area contributed by atoms with Crippen molar-refractivity contribution in [3.63, 3.8) is 0 Å². The van der Waals surface area contributed by atoms with Crippen LogP contribution in [0.25, 0.3) is 11.5 Å². The molecule has 0 fully saturated rings. The van der Waals surface area contributed by atoms with Gasteiger partial charge in [-0.2, -0.15) is 0 Å². The topological polar surface area (TPSA) is 52.3 Å². The van der Waals surface area contributed by atoms with Crippen LogP contribution < -0.4 is 4.74 Å². The highest BCUT2D eigenvalue weighted by Crippen LogP contribution is 2.35. The number of benzene rings is 1. The van der Waals surface area contributed by atoms with Gasteiger partial charge in [-0.3, -0.25) is 4.79 Å². The predicted molar refractivity (Wildman–Crippen MR) is 71.9 cm³/mol. The third kappa shape index (κ3) is 3.02. The average molecular weight is 259 g/mol. The highest BCUT2D eigenvalue weighted by atomic mass is 16.6. The molecular formula is C15H17NO3. The molecule has 1 aromatic heterocycles. The van der Waals surface area contributed by atoms with E-state index < -0.39 is 5.97 Å². The third-order valence-electron chi connectivity index (χ3n) is 2.56. The van der Waals surface area contributed by atoms with E-state index in [-0.39, 0.29) is 11.4 Å². The van der Waals surface area contributed by atoms with Crippen LogP contribution in [0.1, 0.15) is 33.4 Å². The zero-order chi connectivity index (χ0) is 14.0. The minimum absolute atomic E-state index is 0.179. The molecule has 0 amide bonds. The second-order valence-corrected chi connectivity index (χ2v) is 5.36. The molecule has 0 atom stereocenters. The quantitative estimate of drug-likeness (QED) is 0.774. The average Bonchev–Trinajstić information content (AvgIpc) is 2.73. The van der Waals surface area contributed by atoms with Crippen molar-refractivity contribution >= 4 is 5.97 Å². The summed E-state index contributed by atoms with van der Waals surface area (Å²) in [5.74, 6) is 0.224. The van der Waals surface area contributed by atoms with Gasteiger partial charge in [0.25, 0.3) is 0 Å². The number of rotatable bonds is 2. The van der Waals surface area contributed by atoms with Crippen LogP contribution >= 0.6 is 0 Å². The first-order chi connectivity index (χ1) is 8.88. The van der Waals surface area contributed by atoms with Gasteiger partial charge in [0.1, 0.15) is 5.69 Å². The van der Waals surface area contributed by atoms with Gasteiger partial charge < -0.3 is 9.15 Å². The Morgan fingerprint density at radius 1 is 1.21 bits per heavy atom. The second kappa shape index (κ2) is 4.88. The zero-order valence-corrected chi connectivity index (χ0v) is 11.6. The molecule has 0 bridgehead atoms. The largest absolute Gasteiger partial charge is 0.405 e. The maximum absolute atomic E-state index is 11.1. The number of hydrogen-bond donors (Lipinski definition) is 0. The van der Waals surface area contributed by atoms with Crippen LogP contribution in [0, 0.1) is 0 Å². The van der Waals surface area contributed by atoms with Crippen molar-refractivity contribution in [3.8, 4) is 17.4 Å². The molecule has 0 unspecified atom stereocenters. The number of hydrogen-bond acceptors (Lipinski definition) is 4. The molecule has 2 aromatic rings. The van der Waals surface area contributed by atoms with E-state index >= 15 is 0 Å². The maximum atomic E-state index is 11.1. The lowest BCUT2D eigenvalue weighted by Crippen LogP contribution is -2.14. The van der Waals surface area contributed by atoms with E-state index in [2.05, 4.69) is 4.98 Å². The number of carbonyl (C=O) groups is 1. The molecule has 0 saturated carbocycles. The van der Waals surface area contributed by atoms with E-state index in [4.69, 9.17) is 9.15 Å². The summed E-state index contributed by atoms with van der Waals surface area (Å²) in [5.41, 5.74) is 1.23. The molecular weight excluding hydrogens is 242 g/mol. The number of oxazole rings is 1. The van der Waals surface area contributed by atoms with Gasteiger partial charge in [0.05, 0.1) is 0 Å². The van der Waals surface area contributed by atoms with E-state index in [1.165, 1.54) is 6.92 Å². The van der Waals surface area contributed by atoms with Crippen molar-refractivity contribution in [2.45, 2.75) is 33.1 Å². The Morgan fingerprint density at radius 2 is 1.84 bits per heavy atom. The van der Waals surface area contributed by atoms with Gasteiger partial charge >= 0.3 is 11.9 Å². The first-order valence-corrected chi connectivity index (χ1v) is 6.13. The monoisotopic (exact) mass is 259 g/mol. The highest BCUT2D eigenvalue weighted by Gasteiger charge is 2.27. The molecule has 19 heavy (non-hydrogen) atoms. The fourth-order valence-electron chi connectivity index (χ4n) is 1.68. The number of carbonyl (C=O) groups excluding carboxylic acids is 1. The van der Waals surface area contributed by atoms with Crippen LogP contribution in [-0.4, -0.2) is 11.0 Å². The lowest BCUT2D eigenvalue weighted by Gasteiger charge is -2.14. The number of aromatic nitrogens is 1. The van der Waals surface area contributed by atoms with Crippen LogP contribution in [0.3, 0.4) is 0 Å². The SMILES string of the molecule is CC(=O)Oc1oc(-c2ccccc2)nc1C(C)(C)C. The molecule has 4 nitrogen and oxygen atoms in total. The summed E-state index contributed by atoms with van der Waals surface area (Å²) in [4.78, 5) is 15.6. The molecule has 0 aliphatic rings. The van der Waals surface area contributed by atoms with Crippen molar-refractivity contribution in [1.29, 1.82) is 0 Å². The Hall–Kier alpha value is -2.10. The fraction of sp³-hybridized carbons (Fsp3) is 0.333. The van der Waals surface area contributed by atoms with Gasteiger partial charge in [-0.25, -0.2) is 4.98 Å². The first kappa shape index (κ1) is 13.3. The summed E-state index contributed by atoms with van der Waals surface area (Å²) in [6.07, 6.45) is 0. The Bertz CT molecular complexity index is 579. The number of ether oxygens (including phenoxy) is 1. The van der Waals surface area contributed by atoms with E-state index in [0.717, 1.165) is 5.56 Å². The lowest BCUT2D eigenvalue weighted by molar-refractivity contribution is -0.133. The molecule has 0 spiro atoms. The minimum atomic E-state index is -0.415. The summed E-state index contributed by atoms with van der Waals surface area (Å²) in [6.45, 7) is 7.32. The number of esters is 1. The molecule has 1 heterocycles. The van der Waals surface area contributed by atoms with Gasteiger partial charge in [-0.15, -0.1) is 0 Å². The minimum Gasteiger partial charge on any atom is -0.405 e. The number of nitrogens with zero attached hydrogens (tertiary/aromatic N) is 1. The molecule has 2 rings (SSSR count). The van der Waals surface area contributed by atoms with E-state index in [0.29, 0.717) is 11.6 Å². The van der Waals surface area contributed by atoms with E-state index in [9.17, 15) is 4.79 Å². The molecule has 0 saturated heterocycles. The van der Waals surface area contributed by atoms with Crippen molar-refractivity contribution in [2.24, 2.45) is 0 Å². The maximum Gasteiger partial charge on any atom is 0.317 e. The molecule has 4 heteroatoms. The van der Waals surface area contributed by atoms with Gasteiger partial charge in [-0.05, 0) is 12.1 Å². The van der Waals surface area contributed by atoms with Crippen LogP contribution in [0.4, 0.5) is 0 Å². The summed E-state index contributed by atoms with van der Waals surface area (Å²) >= 11 is 0. The van der Waals surface area contributed by atoms with Crippen molar-refractivity contribution in [2.75, 3.05) is 0 Å².